The number of aliphatic hydroxyl groups is 1. The Hall–Kier alpha value is -2.87. The second-order valence-electron chi connectivity index (χ2n) is 11.3. The summed E-state index contributed by atoms with van der Waals surface area (Å²) in [6.07, 6.45) is 7.07. The maximum atomic E-state index is 13.1. The van der Waals surface area contributed by atoms with Gasteiger partial charge >= 0.3 is 0 Å². The molecular weight excluding hydrogens is 464 g/mol. The SMILES string of the molecule is COc1ccc(-c2cccc3[nH]c(C(=O)NC4CCN(CCC56CCC(CC(O)C5)N6)CC4)cc23)cc1. The third-order valence-electron chi connectivity index (χ3n) is 8.80. The normalized spacial score (nSPS) is 26.4. The fourth-order valence-electron chi connectivity index (χ4n) is 6.76. The fraction of sp³-hybridized carbons (Fsp3) is 0.500. The van der Waals surface area contributed by atoms with Crippen LogP contribution in [0.4, 0.5) is 0 Å². The van der Waals surface area contributed by atoms with E-state index in [1.807, 2.05) is 42.5 Å². The minimum absolute atomic E-state index is 0.0355. The molecule has 7 heteroatoms. The van der Waals surface area contributed by atoms with Crippen LogP contribution in [0, 0.1) is 0 Å². The maximum Gasteiger partial charge on any atom is 0.267 e. The third kappa shape index (κ3) is 5.13. The van der Waals surface area contributed by atoms with Crippen LogP contribution in [0.25, 0.3) is 22.0 Å². The predicted molar refractivity (Wildman–Crippen MR) is 146 cm³/mol. The number of aliphatic hydroxyl groups excluding tert-OH is 1. The first-order valence-corrected chi connectivity index (χ1v) is 13.8. The number of nitrogens with one attached hydrogen (secondary N) is 3. The largest absolute Gasteiger partial charge is 0.497 e. The summed E-state index contributed by atoms with van der Waals surface area (Å²) in [4.78, 5) is 19.0. The molecule has 4 heterocycles. The van der Waals surface area contributed by atoms with E-state index in [9.17, 15) is 9.90 Å². The van der Waals surface area contributed by atoms with Gasteiger partial charge in [-0.15, -0.1) is 0 Å². The number of carbonyl (C=O) groups is 1. The molecule has 2 aromatic carbocycles. The zero-order chi connectivity index (χ0) is 25.4. The third-order valence-corrected chi connectivity index (χ3v) is 8.80. The summed E-state index contributed by atoms with van der Waals surface area (Å²) in [5.41, 5.74) is 3.89. The molecule has 3 saturated heterocycles. The number of methoxy groups -OCH3 is 1. The van der Waals surface area contributed by atoms with E-state index in [-0.39, 0.29) is 23.6 Å². The second kappa shape index (κ2) is 10.1. The van der Waals surface area contributed by atoms with Gasteiger partial charge in [-0.1, -0.05) is 24.3 Å². The lowest BCUT2D eigenvalue weighted by Gasteiger charge is -2.40. The monoisotopic (exact) mass is 502 g/mol. The minimum Gasteiger partial charge on any atom is -0.497 e. The van der Waals surface area contributed by atoms with Crippen molar-refractivity contribution in [1.82, 2.24) is 20.5 Å². The molecular formula is C30H38N4O3. The Morgan fingerprint density at radius 1 is 1.16 bits per heavy atom. The van der Waals surface area contributed by atoms with Crippen molar-refractivity contribution in [2.45, 2.75) is 68.7 Å². The molecule has 7 nitrogen and oxygen atoms in total. The van der Waals surface area contributed by atoms with Crippen LogP contribution in [0.3, 0.4) is 0 Å². The fourth-order valence-corrected chi connectivity index (χ4v) is 6.76. The summed E-state index contributed by atoms with van der Waals surface area (Å²) in [5, 5.41) is 18.4. The maximum absolute atomic E-state index is 13.1. The minimum atomic E-state index is -0.147. The lowest BCUT2D eigenvalue weighted by Crippen LogP contribution is -2.53. The predicted octanol–water partition coefficient (Wildman–Crippen LogP) is 4.07. The highest BCUT2D eigenvalue weighted by molar-refractivity contribution is 6.03. The molecule has 3 atom stereocenters. The topological polar surface area (TPSA) is 89.6 Å². The van der Waals surface area contributed by atoms with Gasteiger partial charge in [0.2, 0.25) is 0 Å². The number of fused-ring (bicyclic) bond motifs is 3. The molecule has 37 heavy (non-hydrogen) atoms. The van der Waals surface area contributed by atoms with Gasteiger partial charge in [0.15, 0.2) is 0 Å². The number of rotatable bonds is 7. The van der Waals surface area contributed by atoms with E-state index in [0.717, 1.165) is 79.5 Å². The average Bonchev–Trinajstić information content (AvgIpc) is 3.49. The van der Waals surface area contributed by atoms with E-state index in [1.54, 1.807) is 7.11 Å². The molecule has 0 spiro atoms. The van der Waals surface area contributed by atoms with Crippen LogP contribution in [0.2, 0.25) is 0 Å². The Morgan fingerprint density at radius 3 is 2.76 bits per heavy atom. The van der Waals surface area contributed by atoms with Crippen LogP contribution in [0.15, 0.2) is 48.5 Å². The average molecular weight is 503 g/mol. The second-order valence-corrected chi connectivity index (χ2v) is 11.3. The Morgan fingerprint density at radius 2 is 1.97 bits per heavy atom. The van der Waals surface area contributed by atoms with Crippen molar-refractivity contribution in [3.63, 3.8) is 0 Å². The van der Waals surface area contributed by atoms with Gasteiger partial charge in [0.1, 0.15) is 11.4 Å². The first-order chi connectivity index (χ1) is 18.0. The van der Waals surface area contributed by atoms with Crippen molar-refractivity contribution in [1.29, 1.82) is 0 Å². The summed E-state index contributed by atoms with van der Waals surface area (Å²) >= 11 is 0. The first-order valence-electron chi connectivity index (χ1n) is 13.8. The smallest absolute Gasteiger partial charge is 0.267 e. The van der Waals surface area contributed by atoms with Crippen molar-refractivity contribution < 1.29 is 14.6 Å². The summed E-state index contributed by atoms with van der Waals surface area (Å²) in [5.74, 6) is 0.791. The van der Waals surface area contributed by atoms with Gasteiger partial charge in [-0.25, -0.2) is 0 Å². The van der Waals surface area contributed by atoms with Crippen LogP contribution in [-0.2, 0) is 0 Å². The molecule has 6 rings (SSSR count). The van der Waals surface area contributed by atoms with Crippen LogP contribution < -0.4 is 15.4 Å². The van der Waals surface area contributed by atoms with Gasteiger partial charge in [0.05, 0.1) is 13.2 Å². The summed E-state index contributed by atoms with van der Waals surface area (Å²) < 4.78 is 5.29. The highest BCUT2D eigenvalue weighted by atomic mass is 16.5. The molecule has 3 aromatic rings. The van der Waals surface area contributed by atoms with Gasteiger partial charge in [-0.2, -0.15) is 0 Å². The molecule has 2 bridgehead atoms. The van der Waals surface area contributed by atoms with E-state index in [4.69, 9.17) is 4.74 Å². The van der Waals surface area contributed by atoms with Gasteiger partial charge in [0, 0.05) is 41.6 Å². The van der Waals surface area contributed by atoms with Gasteiger partial charge in [0.25, 0.3) is 5.91 Å². The zero-order valence-electron chi connectivity index (χ0n) is 21.6. The number of hydrogen-bond donors (Lipinski definition) is 4. The van der Waals surface area contributed by atoms with Crippen molar-refractivity contribution in [3.8, 4) is 16.9 Å². The van der Waals surface area contributed by atoms with Gasteiger partial charge < -0.3 is 30.4 Å². The van der Waals surface area contributed by atoms with E-state index < -0.39 is 0 Å². The van der Waals surface area contributed by atoms with Crippen LogP contribution in [0.5, 0.6) is 5.75 Å². The van der Waals surface area contributed by atoms with Gasteiger partial charge in [-0.3, -0.25) is 4.79 Å². The Balaban J connectivity index is 1.05. The molecule has 0 aliphatic carbocycles. The molecule has 3 unspecified atom stereocenters. The van der Waals surface area contributed by atoms with Crippen molar-refractivity contribution in [2.75, 3.05) is 26.7 Å². The Bertz CT molecular complexity index is 1250. The lowest BCUT2D eigenvalue weighted by molar-refractivity contribution is 0.0694. The number of piperidine rings is 2. The first kappa shape index (κ1) is 24.5. The van der Waals surface area contributed by atoms with E-state index in [1.165, 1.54) is 12.8 Å². The van der Waals surface area contributed by atoms with E-state index in [2.05, 4.69) is 26.6 Å². The molecule has 0 radical (unpaired) electrons. The molecule has 3 aliphatic heterocycles. The number of amides is 1. The number of H-pyrrole nitrogens is 1. The molecule has 4 N–H and O–H groups in total. The van der Waals surface area contributed by atoms with Crippen LogP contribution >= 0.6 is 0 Å². The lowest BCUT2D eigenvalue weighted by atomic mass is 9.85. The Labute approximate surface area is 218 Å². The molecule has 0 saturated carbocycles. The molecule has 1 aromatic heterocycles. The van der Waals surface area contributed by atoms with E-state index >= 15 is 0 Å². The summed E-state index contributed by atoms with van der Waals surface area (Å²) in [6.45, 7) is 3.06. The molecule has 3 aliphatic rings. The standard InChI is InChI=1S/C30H38N4O3/c1-37-24-7-5-20(6-8-24)25-3-2-4-27-26(25)18-28(32-27)29(36)31-21-10-14-34(15-11-21)16-13-30-12-9-22(33-30)17-23(35)19-30/h2-8,18,21-23,32-33,35H,9-17,19H2,1H3,(H,31,36). The number of hydrogen-bond acceptors (Lipinski definition) is 5. The number of nitrogens with zero attached hydrogens (tertiary/aromatic N) is 1. The highest BCUT2D eigenvalue weighted by Gasteiger charge is 2.44. The molecule has 196 valence electrons. The molecule has 3 fully saturated rings. The zero-order valence-corrected chi connectivity index (χ0v) is 21.6. The number of aromatic amines is 1. The quantitative estimate of drug-likeness (QED) is 0.391. The van der Waals surface area contributed by atoms with Crippen molar-refractivity contribution in [2.24, 2.45) is 0 Å². The van der Waals surface area contributed by atoms with Crippen LogP contribution in [0.1, 0.15) is 55.4 Å². The number of carbonyl (C=O) groups excluding carboxylic acids is 1. The summed E-state index contributed by atoms with van der Waals surface area (Å²) in [7, 11) is 1.67. The Kier molecular flexibility index (Phi) is 6.69. The number of benzene rings is 2. The van der Waals surface area contributed by atoms with Crippen molar-refractivity contribution >= 4 is 16.8 Å². The molecule has 1 amide bonds. The summed E-state index contributed by atoms with van der Waals surface area (Å²) in [6, 6.07) is 16.8. The highest BCUT2D eigenvalue weighted by Crippen LogP contribution is 2.38. The van der Waals surface area contributed by atoms with E-state index in [0.29, 0.717) is 11.7 Å². The number of aromatic nitrogens is 1. The number of ether oxygens (including phenoxy) is 1. The van der Waals surface area contributed by atoms with Crippen molar-refractivity contribution in [3.05, 3.63) is 54.2 Å². The number of likely N-dealkylation sites (tertiary alicyclic amines) is 1. The van der Waals surface area contributed by atoms with Crippen LogP contribution in [-0.4, -0.2) is 71.4 Å². The van der Waals surface area contributed by atoms with Gasteiger partial charge in [-0.05, 0) is 86.9 Å².